The van der Waals surface area contributed by atoms with Crippen LogP contribution in [0.1, 0.15) is 18.4 Å². The first-order valence-electron chi connectivity index (χ1n) is 11.1. The maximum atomic E-state index is 12.6. The third-order valence-corrected chi connectivity index (χ3v) is 8.62. The molecular weight excluding hydrogens is 512 g/mol. The first kappa shape index (κ1) is 27.4. The Morgan fingerprint density at radius 2 is 1.75 bits per heavy atom. The van der Waals surface area contributed by atoms with Crippen LogP contribution >= 0.6 is 0 Å². The number of non-ortho nitro benzene ring substituents is 1. The molecule has 12 nitrogen and oxygen atoms in total. The van der Waals surface area contributed by atoms with Gasteiger partial charge in [0.2, 0.25) is 26.0 Å². The lowest BCUT2D eigenvalue weighted by Crippen LogP contribution is -2.41. The maximum Gasteiger partial charge on any atom is 0.271 e. The third kappa shape index (κ3) is 6.71. The largest absolute Gasteiger partial charge is 0.492 e. The van der Waals surface area contributed by atoms with Crippen LogP contribution in [0.5, 0.6) is 5.75 Å². The zero-order valence-electron chi connectivity index (χ0n) is 19.9. The summed E-state index contributed by atoms with van der Waals surface area (Å²) >= 11 is 0. The van der Waals surface area contributed by atoms with E-state index in [0.29, 0.717) is 24.4 Å². The molecule has 1 N–H and O–H groups in total. The van der Waals surface area contributed by atoms with Crippen molar-refractivity contribution in [2.24, 2.45) is 0 Å². The quantitative estimate of drug-likeness (QED) is 0.256. The van der Waals surface area contributed by atoms with Gasteiger partial charge in [0, 0.05) is 25.2 Å². The van der Waals surface area contributed by atoms with Gasteiger partial charge in [-0.1, -0.05) is 6.07 Å². The van der Waals surface area contributed by atoms with Crippen LogP contribution in [0.15, 0.2) is 47.4 Å². The molecular formula is C22H28N4O8S2. The Morgan fingerprint density at radius 1 is 1.11 bits per heavy atom. The van der Waals surface area contributed by atoms with Gasteiger partial charge in [0.05, 0.1) is 28.3 Å². The molecule has 36 heavy (non-hydrogen) atoms. The number of nitrogens with zero attached hydrogens (tertiary/aromatic N) is 3. The van der Waals surface area contributed by atoms with E-state index in [1.54, 1.807) is 6.92 Å². The molecule has 3 rings (SSSR count). The minimum Gasteiger partial charge on any atom is -0.492 e. The number of amides is 1. The normalized spacial score (nSPS) is 14.4. The molecule has 0 unspecified atom stereocenters. The van der Waals surface area contributed by atoms with Gasteiger partial charge in [-0.3, -0.25) is 19.2 Å². The number of ether oxygens (including phenoxy) is 1. The Bertz CT molecular complexity index is 1320. The van der Waals surface area contributed by atoms with Gasteiger partial charge in [0.15, 0.2) is 0 Å². The van der Waals surface area contributed by atoms with E-state index >= 15 is 0 Å². The minimum absolute atomic E-state index is 0.0436. The summed E-state index contributed by atoms with van der Waals surface area (Å²) in [4.78, 5) is 23.0. The minimum atomic E-state index is -3.91. The van der Waals surface area contributed by atoms with Crippen molar-refractivity contribution in [1.29, 1.82) is 0 Å². The molecule has 0 radical (unpaired) electrons. The molecule has 2 aromatic carbocycles. The molecule has 0 saturated carbocycles. The topological polar surface area (TPSA) is 156 Å². The summed E-state index contributed by atoms with van der Waals surface area (Å²) in [6.45, 7) is 2.15. The molecule has 0 aliphatic carbocycles. The number of benzene rings is 2. The van der Waals surface area contributed by atoms with Crippen LogP contribution in [-0.4, -0.2) is 71.0 Å². The number of nitrogens with one attached hydrogen (secondary N) is 1. The molecule has 1 amide bonds. The number of aryl methyl sites for hydroxylation is 1. The van der Waals surface area contributed by atoms with E-state index < -0.39 is 37.4 Å². The number of hydrogen-bond donors (Lipinski definition) is 1. The smallest absolute Gasteiger partial charge is 0.271 e. The van der Waals surface area contributed by atoms with Crippen molar-refractivity contribution >= 4 is 37.3 Å². The van der Waals surface area contributed by atoms with Crippen molar-refractivity contribution in [1.82, 2.24) is 9.62 Å². The Kier molecular flexibility index (Phi) is 8.53. The van der Waals surface area contributed by atoms with E-state index in [1.165, 1.54) is 40.7 Å². The highest BCUT2D eigenvalue weighted by Crippen LogP contribution is 2.27. The van der Waals surface area contributed by atoms with Gasteiger partial charge in [0.1, 0.15) is 18.9 Å². The molecule has 1 heterocycles. The van der Waals surface area contributed by atoms with E-state index in [9.17, 15) is 31.7 Å². The number of carbonyl (C=O) groups is 1. The fourth-order valence-corrected chi connectivity index (χ4v) is 6.12. The predicted octanol–water partition coefficient (Wildman–Crippen LogP) is 1.65. The van der Waals surface area contributed by atoms with Crippen molar-refractivity contribution in [3.05, 3.63) is 58.1 Å². The van der Waals surface area contributed by atoms with Crippen molar-refractivity contribution in [3.8, 4) is 5.75 Å². The van der Waals surface area contributed by atoms with E-state index in [2.05, 4.69) is 5.32 Å². The van der Waals surface area contributed by atoms with E-state index in [-0.39, 0.29) is 29.4 Å². The van der Waals surface area contributed by atoms with Crippen LogP contribution in [-0.2, 0) is 24.8 Å². The van der Waals surface area contributed by atoms with Gasteiger partial charge < -0.3 is 10.1 Å². The lowest BCUT2D eigenvalue weighted by atomic mass is 10.2. The molecule has 0 aromatic heterocycles. The molecule has 1 saturated heterocycles. The molecule has 0 bridgehead atoms. The van der Waals surface area contributed by atoms with Gasteiger partial charge in [-0.15, -0.1) is 0 Å². The summed E-state index contributed by atoms with van der Waals surface area (Å²) < 4.78 is 57.6. The average Bonchev–Trinajstić information content (AvgIpc) is 3.36. The van der Waals surface area contributed by atoms with Crippen LogP contribution in [0.3, 0.4) is 0 Å². The fourth-order valence-electron chi connectivity index (χ4n) is 3.69. The van der Waals surface area contributed by atoms with Crippen molar-refractivity contribution in [2.75, 3.05) is 43.3 Å². The van der Waals surface area contributed by atoms with Gasteiger partial charge in [-0.2, -0.15) is 4.31 Å². The first-order valence-corrected chi connectivity index (χ1v) is 14.4. The Balaban J connectivity index is 1.55. The van der Waals surface area contributed by atoms with Crippen LogP contribution in [0, 0.1) is 17.0 Å². The highest BCUT2D eigenvalue weighted by atomic mass is 32.2. The SMILES string of the molecule is Cc1ccc([N+](=O)[O-])cc1N(CC(=O)NCCOc1ccc(S(=O)(=O)N2CCCC2)cc1)S(C)(=O)=O. The fraction of sp³-hybridized carbons (Fsp3) is 0.409. The summed E-state index contributed by atoms with van der Waals surface area (Å²) in [6.07, 6.45) is 2.60. The number of hydrogen-bond acceptors (Lipinski definition) is 8. The van der Waals surface area contributed by atoms with Crippen LogP contribution in [0.4, 0.5) is 11.4 Å². The molecule has 1 aliphatic rings. The monoisotopic (exact) mass is 540 g/mol. The molecule has 0 spiro atoms. The van der Waals surface area contributed by atoms with E-state index in [4.69, 9.17) is 4.74 Å². The number of rotatable bonds is 11. The number of anilines is 1. The number of nitro benzene ring substituents is 1. The second kappa shape index (κ2) is 11.2. The molecule has 2 aromatic rings. The molecule has 14 heteroatoms. The van der Waals surface area contributed by atoms with Crippen molar-refractivity contribution in [3.63, 3.8) is 0 Å². The van der Waals surface area contributed by atoms with Gasteiger partial charge in [-0.05, 0) is 49.6 Å². The number of carbonyl (C=O) groups excluding carboxylic acids is 1. The second-order valence-electron chi connectivity index (χ2n) is 8.28. The highest BCUT2D eigenvalue weighted by Gasteiger charge is 2.27. The zero-order valence-corrected chi connectivity index (χ0v) is 21.5. The first-order chi connectivity index (χ1) is 16.9. The van der Waals surface area contributed by atoms with Crippen LogP contribution < -0.4 is 14.4 Å². The lowest BCUT2D eigenvalue weighted by molar-refractivity contribution is -0.384. The van der Waals surface area contributed by atoms with E-state index in [0.717, 1.165) is 29.5 Å². The Labute approximate surface area is 210 Å². The zero-order chi connectivity index (χ0) is 26.5. The second-order valence-corrected chi connectivity index (χ2v) is 12.1. The molecule has 196 valence electrons. The van der Waals surface area contributed by atoms with Gasteiger partial charge >= 0.3 is 0 Å². The molecule has 1 fully saturated rings. The summed E-state index contributed by atoms with van der Waals surface area (Å²) in [6, 6.07) is 9.77. The number of sulfonamides is 2. The summed E-state index contributed by atoms with van der Waals surface area (Å²) in [7, 11) is -7.43. The number of nitro groups is 1. The Hall–Kier alpha value is -3.23. The Morgan fingerprint density at radius 3 is 2.33 bits per heavy atom. The molecule has 1 aliphatic heterocycles. The summed E-state index contributed by atoms with van der Waals surface area (Å²) in [5, 5.41) is 13.6. The molecule has 0 atom stereocenters. The predicted molar refractivity (Wildman–Crippen MR) is 133 cm³/mol. The highest BCUT2D eigenvalue weighted by molar-refractivity contribution is 7.92. The standard InChI is InChI=1S/C22H28N4O8S2/c1-17-5-6-18(26(28)29)15-21(17)25(35(2,30)31)16-22(27)23-11-14-34-19-7-9-20(10-8-19)36(32,33)24-12-3-4-13-24/h5-10,15H,3-4,11-14,16H2,1-2H3,(H,23,27). The lowest BCUT2D eigenvalue weighted by Gasteiger charge is -2.23. The van der Waals surface area contributed by atoms with Crippen LogP contribution in [0.25, 0.3) is 0 Å². The summed E-state index contributed by atoms with van der Waals surface area (Å²) in [5.74, 6) is -0.211. The van der Waals surface area contributed by atoms with Crippen molar-refractivity contribution < 1.29 is 31.3 Å². The average molecular weight is 541 g/mol. The third-order valence-electron chi connectivity index (χ3n) is 5.58. The van der Waals surface area contributed by atoms with Crippen LogP contribution in [0.2, 0.25) is 0 Å². The summed E-state index contributed by atoms with van der Waals surface area (Å²) in [5.41, 5.74) is 0.205. The van der Waals surface area contributed by atoms with E-state index in [1.807, 2.05) is 0 Å². The maximum absolute atomic E-state index is 12.6. The van der Waals surface area contributed by atoms with Crippen molar-refractivity contribution in [2.45, 2.75) is 24.7 Å². The van der Waals surface area contributed by atoms with Gasteiger partial charge in [-0.25, -0.2) is 16.8 Å². The van der Waals surface area contributed by atoms with Gasteiger partial charge in [0.25, 0.3) is 5.69 Å².